The van der Waals surface area contributed by atoms with E-state index >= 15 is 0 Å². The van der Waals surface area contributed by atoms with Crippen molar-refractivity contribution in [3.63, 3.8) is 0 Å². The van der Waals surface area contributed by atoms with Gasteiger partial charge in [-0.05, 0) is 43.9 Å². The molecule has 0 amide bonds. The average molecular weight is 340 g/mol. The van der Waals surface area contributed by atoms with Crippen LogP contribution in [0.1, 0.15) is 38.5 Å². The van der Waals surface area contributed by atoms with Gasteiger partial charge >= 0.3 is 21.3 Å². The normalized spacial score (nSPS) is 40.7. The van der Waals surface area contributed by atoms with Gasteiger partial charge in [-0.1, -0.05) is 0 Å². The largest absolute Gasteiger partial charge is 0.465 e. The topological polar surface area (TPSA) is 89.9 Å². The van der Waals surface area contributed by atoms with Crippen molar-refractivity contribution in [3.05, 3.63) is 0 Å². The fourth-order valence-corrected chi connectivity index (χ4v) is 5.07. The van der Waals surface area contributed by atoms with E-state index in [2.05, 4.69) is 0 Å². The summed E-state index contributed by atoms with van der Waals surface area (Å²) in [6.45, 7) is 0. The van der Waals surface area contributed by atoms with Crippen LogP contribution >= 0.6 is 0 Å². The second-order valence-corrected chi connectivity index (χ2v) is 8.38. The van der Waals surface area contributed by atoms with Gasteiger partial charge in [-0.2, -0.15) is 17.2 Å². The summed E-state index contributed by atoms with van der Waals surface area (Å²) in [5.74, 6) is -1.77. The number of hydrogen-bond donors (Lipinski definition) is 1. The molecule has 22 heavy (non-hydrogen) atoms. The Kier molecular flexibility index (Phi) is 3.37. The average Bonchev–Trinajstić information content (AvgIpc) is 2.35. The van der Waals surface area contributed by atoms with Gasteiger partial charge < -0.3 is 9.47 Å². The van der Waals surface area contributed by atoms with Gasteiger partial charge in [0, 0.05) is 13.5 Å². The van der Waals surface area contributed by atoms with Gasteiger partial charge in [0.25, 0.3) is 0 Å². The number of alkyl halides is 2. The minimum atomic E-state index is -5.85. The third-order valence-electron chi connectivity index (χ3n) is 5.26. The highest BCUT2D eigenvalue weighted by molar-refractivity contribution is 7.87. The van der Waals surface area contributed by atoms with E-state index in [9.17, 15) is 22.0 Å². The van der Waals surface area contributed by atoms with Crippen LogP contribution in [0.15, 0.2) is 0 Å². The molecule has 0 spiro atoms. The van der Waals surface area contributed by atoms with E-state index in [0.29, 0.717) is 12.8 Å². The number of carbonyl (C=O) groups is 1. The van der Waals surface area contributed by atoms with Crippen LogP contribution in [0.25, 0.3) is 0 Å². The quantitative estimate of drug-likeness (QED) is 0.619. The number of esters is 1. The molecule has 4 rings (SSSR count). The lowest BCUT2D eigenvalue weighted by atomic mass is 9.52. The summed E-state index contributed by atoms with van der Waals surface area (Å²) >= 11 is 0. The van der Waals surface area contributed by atoms with Crippen molar-refractivity contribution < 1.29 is 36.0 Å². The first-order chi connectivity index (χ1) is 10.0. The maximum atomic E-state index is 13.4. The Balaban J connectivity index is 1.85. The lowest BCUT2D eigenvalue weighted by molar-refractivity contribution is -0.234. The van der Waals surface area contributed by atoms with Crippen LogP contribution in [0.2, 0.25) is 0 Å². The fourth-order valence-electron chi connectivity index (χ4n) is 4.82. The number of hydrogen-bond acceptors (Lipinski definition) is 5. The Morgan fingerprint density at radius 2 is 1.68 bits per heavy atom. The van der Waals surface area contributed by atoms with Crippen molar-refractivity contribution in [1.82, 2.24) is 0 Å². The third-order valence-corrected chi connectivity index (χ3v) is 6.07. The van der Waals surface area contributed by atoms with Gasteiger partial charge in [-0.15, -0.1) is 0 Å². The molecule has 1 N–H and O–H groups in total. The summed E-state index contributed by atoms with van der Waals surface area (Å²) in [5.41, 5.74) is -1.61. The molecule has 0 aromatic heterocycles. The van der Waals surface area contributed by atoms with E-state index in [1.54, 1.807) is 7.11 Å². The van der Waals surface area contributed by atoms with Crippen LogP contribution in [-0.2, 0) is 24.4 Å². The number of ether oxygens (including phenoxy) is 2. The molecule has 4 aliphatic carbocycles. The molecule has 0 aliphatic heterocycles. The molecule has 9 heteroatoms. The maximum absolute atomic E-state index is 13.4. The molecule has 4 bridgehead atoms. The molecule has 0 heterocycles. The highest BCUT2D eigenvalue weighted by Crippen LogP contribution is 2.60. The molecule has 4 aliphatic rings. The first-order valence-electron chi connectivity index (χ1n) is 7.14. The van der Waals surface area contributed by atoms with Gasteiger partial charge in [0.05, 0.1) is 5.60 Å². The highest BCUT2D eigenvalue weighted by atomic mass is 32.2. The molecule has 126 valence electrons. The SMILES string of the molecule is COC12CC3CC(C1)CC(OC(=O)C(F)(F)S(=O)(=O)O)(C3)C2. The first kappa shape index (κ1) is 16.1. The second-order valence-electron chi connectivity index (χ2n) is 6.91. The molecule has 2 unspecified atom stereocenters. The molecule has 6 nitrogen and oxygen atoms in total. The number of rotatable bonds is 4. The molecule has 0 saturated heterocycles. The number of carbonyl (C=O) groups excluding carboxylic acids is 1. The van der Waals surface area contributed by atoms with Crippen molar-refractivity contribution >= 4 is 16.1 Å². The summed E-state index contributed by atoms with van der Waals surface area (Å²) in [7, 11) is -4.29. The number of halogens is 2. The monoisotopic (exact) mass is 340 g/mol. The van der Waals surface area contributed by atoms with Crippen LogP contribution in [0, 0.1) is 11.8 Å². The van der Waals surface area contributed by atoms with E-state index in [4.69, 9.17) is 14.0 Å². The van der Waals surface area contributed by atoms with E-state index in [-0.39, 0.29) is 18.3 Å². The zero-order chi connectivity index (χ0) is 16.4. The standard InChI is InChI=1S/C13H18F2O6S/c1-20-11-3-8-2-9(4-11)6-12(5-8,7-11)21-10(16)13(14,15)22(17,18)19/h8-9H,2-7H2,1H3,(H,17,18,19). The molecule has 4 fully saturated rings. The molecule has 0 aromatic rings. The predicted octanol–water partition coefficient (Wildman–Crippen LogP) is 1.75. The zero-order valence-electron chi connectivity index (χ0n) is 12.0. The van der Waals surface area contributed by atoms with Crippen LogP contribution < -0.4 is 0 Å². The van der Waals surface area contributed by atoms with Crippen LogP contribution in [-0.4, -0.2) is 42.5 Å². The first-order valence-corrected chi connectivity index (χ1v) is 8.58. The predicted molar refractivity (Wildman–Crippen MR) is 69.7 cm³/mol. The van der Waals surface area contributed by atoms with Crippen molar-refractivity contribution in [3.8, 4) is 0 Å². The van der Waals surface area contributed by atoms with E-state index in [0.717, 1.165) is 19.3 Å². The highest BCUT2D eigenvalue weighted by Gasteiger charge is 2.63. The van der Waals surface area contributed by atoms with Gasteiger partial charge in [-0.25, -0.2) is 4.79 Å². The Labute approximate surface area is 126 Å². The Hall–Kier alpha value is -0.800. The summed E-state index contributed by atoms with van der Waals surface area (Å²) in [4.78, 5) is 11.6. The van der Waals surface area contributed by atoms with Gasteiger partial charge in [0.15, 0.2) is 0 Å². The fraction of sp³-hybridized carbons (Fsp3) is 0.923. The summed E-state index contributed by atoms with van der Waals surface area (Å²) in [6.07, 6.45) is 3.70. The van der Waals surface area contributed by atoms with Gasteiger partial charge in [0.2, 0.25) is 0 Å². The van der Waals surface area contributed by atoms with E-state index in [1.165, 1.54) is 0 Å². The van der Waals surface area contributed by atoms with E-state index in [1.807, 2.05) is 0 Å². The lowest BCUT2D eigenvalue weighted by Crippen LogP contribution is -2.62. The van der Waals surface area contributed by atoms with Crippen LogP contribution in [0.3, 0.4) is 0 Å². The van der Waals surface area contributed by atoms with Crippen LogP contribution in [0.5, 0.6) is 0 Å². The summed E-state index contributed by atoms with van der Waals surface area (Å²) in [5, 5.41) is -4.95. The Morgan fingerprint density at radius 1 is 1.18 bits per heavy atom. The smallest absolute Gasteiger partial charge is 0.454 e. The van der Waals surface area contributed by atoms with Crippen LogP contribution in [0.4, 0.5) is 8.78 Å². The van der Waals surface area contributed by atoms with Crippen molar-refractivity contribution in [2.24, 2.45) is 11.8 Å². The zero-order valence-corrected chi connectivity index (χ0v) is 12.9. The van der Waals surface area contributed by atoms with Gasteiger partial charge in [0.1, 0.15) is 5.60 Å². The van der Waals surface area contributed by atoms with Gasteiger partial charge in [-0.3, -0.25) is 4.55 Å². The number of methoxy groups -OCH3 is 1. The minimum absolute atomic E-state index is 0.216. The van der Waals surface area contributed by atoms with Crippen molar-refractivity contribution in [1.29, 1.82) is 0 Å². The van der Waals surface area contributed by atoms with Crippen molar-refractivity contribution in [2.75, 3.05) is 7.11 Å². The third kappa shape index (κ3) is 2.33. The molecular formula is C13H18F2O6S. The molecule has 0 radical (unpaired) electrons. The molecule has 0 aromatic carbocycles. The molecular weight excluding hydrogens is 322 g/mol. The molecule has 4 saturated carbocycles. The lowest BCUT2D eigenvalue weighted by Gasteiger charge is -2.60. The van der Waals surface area contributed by atoms with Crippen molar-refractivity contribution in [2.45, 2.75) is 55.0 Å². The summed E-state index contributed by atoms with van der Waals surface area (Å²) < 4.78 is 67.3. The minimum Gasteiger partial charge on any atom is -0.454 e. The Morgan fingerprint density at radius 3 is 2.14 bits per heavy atom. The molecule has 2 atom stereocenters. The second kappa shape index (κ2) is 4.61. The van der Waals surface area contributed by atoms with E-state index < -0.39 is 32.5 Å². The summed E-state index contributed by atoms with van der Waals surface area (Å²) in [6, 6.07) is 0. The Bertz CT molecular complexity index is 588. The maximum Gasteiger partial charge on any atom is 0.465 e.